The van der Waals surface area contributed by atoms with Gasteiger partial charge in [0.2, 0.25) is 0 Å². The van der Waals surface area contributed by atoms with E-state index in [9.17, 15) is 0 Å². The molecule has 15 heavy (non-hydrogen) atoms. The Hall–Kier alpha value is -0.850. The molecule has 1 heteroatoms. The van der Waals surface area contributed by atoms with E-state index in [0.29, 0.717) is 0 Å². The van der Waals surface area contributed by atoms with Gasteiger partial charge in [-0.3, -0.25) is 4.99 Å². The second-order valence-corrected chi connectivity index (χ2v) is 5.17. The van der Waals surface area contributed by atoms with Crippen molar-refractivity contribution in [3.8, 4) is 0 Å². The van der Waals surface area contributed by atoms with Crippen LogP contribution in [0.3, 0.4) is 0 Å². The third-order valence-electron chi connectivity index (χ3n) is 3.76. The Kier molecular flexibility index (Phi) is 3.08. The summed E-state index contributed by atoms with van der Waals surface area (Å²) in [6.07, 6.45) is 9.67. The normalized spacial score (nSPS) is 34.3. The van der Waals surface area contributed by atoms with Crippen LogP contribution in [0.4, 0.5) is 0 Å². The number of allylic oxidation sites excluding steroid dienone is 3. The van der Waals surface area contributed by atoms with Gasteiger partial charge in [-0.15, -0.1) is 0 Å². The predicted octanol–water partition coefficient (Wildman–Crippen LogP) is 3.97. The van der Waals surface area contributed by atoms with Gasteiger partial charge >= 0.3 is 0 Å². The second-order valence-electron chi connectivity index (χ2n) is 5.17. The van der Waals surface area contributed by atoms with Crippen LogP contribution in [-0.2, 0) is 0 Å². The van der Waals surface area contributed by atoms with Gasteiger partial charge in [0.15, 0.2) is 0 Å². The summed E-state index contributed by atoms with van der Waals surface area (Å²) in [4.78, 5) is 4.67. The summed E-state index contributed by atoms with van der Waals surface area (Å²) < 4.78 is 0. The molecule has 0 N–H and O–H groups in total. The van der Waals surface area contributed by atoms with E-state index in [1.165, 1.54) is 31.4 Å². The fourth-order valence-corrected chi connectivity index (χ4v) is 3.23. The van der Waals surface area contributed by atoms with E-state index in [1.54, 1.807) is 0 Å². The lowest BCUT2D eigenvalue weighted by atomic mass is 9.86. The Morgan fingerprint density at radius 3 is 2.53 bits per heavy atom. The van der Waals surface area contributed by atoms with Crippen molar-refractivity contribution in [1.29, 1.82) is 0 Å². The van der Waals surface area contributed by atoms with Gasteiger partial charge in [-0.25, -0.2) is 0 Å². The topological polar surface area (TPSA) is 12.4 Å². The van der Waals surface area contributed by atoms with Crippen molar-refractivity contribution in [1.82, 2.24) is 0 Å². The number of fused-ring (bicyclic) bond motifs is 2. The lowest BCUT2D eigenvalue weighted by molar-refractivity contribution is 0.376. The lowest BCUT2D eigenvalue weighted by Crippen LogP contribution is -2.12. The molecule has 2 fully saturated rings. The molecule has 2 aliphatic rings. The third kappa shape index (κ3) is 2.22. The number of hydrogen-bond acceptors (Lipinski definition) is 1. The number of rotatable bonds is 3. The van der Waals surface area contributed by atoms with E-state index < -0.39 is 0 Å². The first kappa shape index (κ1) is 10.7. The molecule has 0 amide bonds. The maximum Gasteiger partial charge on any atom is 0.0436 e. The van der Waals surface area contributed by atoms with Crippen molar-refractivity contribution in [2.45, 2.75) is 39.5 Å². The van der Waals surface area contributed by atoms with Crippen LogP contribution in [0.1, 0.15) is 39.5 Å². The number of nitrogens with zero attached hydrogens (tertiary/aromatic N) is 1. The fraction of sp³-hybridized carbons (Fsp3) is 0.643. The fourth-order valence-electron chi connectivity index (χ4n) is 3.23. The zero-order chi connectivity index (χ0) is 10.8. The Labute approximate surface area is 93.0 Å². The maximum atomic E-state index is 4.67. The zero-order valence-corrected chi connectivity index (χ0v) is 9.87. The van der Waals surface area contributed by atoms with Crippen LogP contribution in [-0.4, -0.2) is 5.71 Å². The van der Waals surface area contributed by atoms with E-state index in [4.69, 9.17) is 0 Å². The van der Waals surface area contributed by atoms with E-state index in [1.807, 2.05) is 6.08 Å². The SMILES string of the molecule is C=C/C=C(\N=C(C)C)C1CC2CCC1C2. The molecular formula is C14H21N. The molecular weight excluding hydrogens is 182 g/mol. The first-order valence-electron chi connectivity index (χ1n) is 6.05. The maximum absolute atomic E-state index is 4.67. The Bertz CT molecular complexity index is 307. The Morgan fingerprint density at radius 1 is 1.27 bits per heavy atom. The van der Waals surface area contributed by atoms with Crippen molar-refractivity contribution in [2.24, 2.45) is 22.7 Å². The van der Waals surface area contributed by atoms with E-state index in [-0.39, 0.29) is 0 Å². The van der Waals surface area contributed by atoms with Gasteiger partial charge in [0.1, 0.15) is 0 Å². The van der Waals surface area contributed by atoms with E-state index in [0.717, 1.165) is 23.5 Å². The molecule has 3 unspecified atom stereocenters. The highest BCUT2D eigenvalue weighted by atomic mass is 14.8. The lowest BCUT2D eigenvalue weighted by Gasteiger charge is -2.22. The van der Waals surface area contributed by atoms with Gasteiger partial charge in [0.05, 0.1) is 0 Å². The number of aliphatic imine (C=N–C) groups is 1. The van der Waals surface area contributed by atoms with Crippen LogP contribution in [0, 0.1) is 17.8 Å². The molecule has 0 aromatic heterocycles. The van der Waals surface area contributed by atoms with Gasteiger partial charge in [0.25, 0.3) is 0 Å². The monoisotopic (exact) mass is 203 g/mol. The summed E-state index contributed by atoms with van der Waals surface area (Å²) in [6.45, 7) is 7.94. The van der Waals surface area contributed by atoms with Gasteiger partial charge in [-0.2, -0.15) is 0 Å². The van der Waals surface area contributed by atoms with Crippen LogP contribution < -0.4 is 0 Å². The molecule has 0 aliphatic heterocycles. The molecule has 82 valence electrons. The predicted molar refractivity (Wildman–Crippen MR) is 66.0 cm³/mol. The van der Waals surface area contributed by atoms with Crippen molar-refractivity contribution >= 4 is 5.71 Å². The molecule has 2 bridgehead atoms. The van der Waals surface area contributed by atoms with Crippen LogP contribution in [0.2, 0.25) is 0 Å². The van der Waals surface area contributed by atoms with Gasteiger partial charge in [-0.1, -0.05) is 19.1 Å². The van der Waals surface area contributed by atoms with E-state index in [2.05, 4.69) is 31.5 Å². The largest absolute Gasteiger partial charge is 0.263 e. The van der Waals surface area contributed by atoms with Gasteiger partial charge < -0.3 is 0 Å². The molecule has 0 heterocycles. The molecule has 2 aliphatic carbocycles. The average Bonchev–Trinajstić information content (AvgIpc) is 2.77. The van der Waals surface area contributed by atoms with Gasteiger partial charge in [-0.05, 0) is 51.0 Å². The highest BCUT2D eigenvalue weighted by Gasteiger charge is 2.40. The molecule has 0 saturated heterocycles. The van der Waals surface area contributed by atoms with Crippen molar-refractivity contribution in [3.05, 3.63) is 24.4 Å². The first-order chi connectivity index (χ1) is 7.20. The molecule has 0 spiro atoms. The van der Waals surface area contributed by atoms with Crippen LogP contribution in [0.15, 0.2) is 29.4 Å². The van der Waals surface area contributed by atoms with Crippen molar-refractivity contribution < 1.29 is 0 Å². The number of hydrogen-bond donors (Lipinski definition) is 0. The molecule has 0 aromatic rings. The first-order valence-corrected chi connectivity index (χ1v) is 6.05. The second kappa shape index (κ2) is 4.34. The quantitative estimate of drug-likeness (QED) is 0.486. The molecule has 0 radical (unpaired) electrons. The van der Waals surface area contributed by atoms with Crippen LogP contribution >= 0.6 is 0 Å². The Morgan fingerprint density at radius 2 is 2.07 bits per heavy atom. The minimum Gasteiger partial charge on any atom is -0.263 e. The molecule has 1 nitrogen and oxygen atoms in total. The van der Waals surface area contributed by atoms with Crippen LogP contribution in [0.25, 0.3) is 0 Å². The minimum absolute atomic E-state index is 0.719. The zero-order valence-electron chi connectivity index (χ0n) is 9.87. The van der Waals surface area contributed by atoms with Crippen molar-refractivity contribution in [2.75, 3.05) is 0 Å². The summed E-state index contributed by atoms with van der Waals surface area (Å²) in [5.41, 5.74) is 2.43. The summed E-state index contributed by atoms with van der Waals surface area (Å²) in [6, 6.07) is 0. The molecule has 2 saturated carbocycles. The van der Waals surface area contributed by atoms with E-state index >= 15 is 0 Å². The summed E-state index contributed by atoms with van der Waals surface area (Å²) in [7, 11) is 0. The summed E-state index contributed by atoms with van der Waals surface area (Å²) in [5.74, 6) is 2.61. The molecule has 3 atom stereocenters. The Balaban J connectivity index is 2.16. The molecule has 2 rings (SSSR count). The van der Waals surface area contributed by atoms with Crippen LogP contribution in [0.5, 0.6) is 0 Å². The molecule has 0 aromatic carbocycles. The highest BCUT2D eigenvalue weighted by molar-refractivity contribution is 5.80. The average molecular weight is 203 g/mol. The third-order valence-corrected chi connectivity index (χ3v) is 3.76. The summed E-state index contributed by atoms with van der Waals surface area (Å²) in [5, 5.41) is 0. The highest BCUT2D eigenvalue weighted by Crippen LogP contribution is 2.51. The van der Waals surface area contributed by atoms with Gasteiger partial charge in [0, 0.05) is 17.3 Å². The van der Waals surface area contributed by atoms with Crippen molar-refractivity contribution in [3.63, 3.8) is 0 Å². The smallest absolute Gasteiger partial charge is 0.0436 e. The summed E-state index contributed by atoms with van der Waals surface area (Å²) >= 11 is 0. The standard InChI is InChI=1S/C14H21N/c1-4-5-14(15-10(2)3)13-9-11-6-7-12(13)8-11/h4-5,11-13H,1,6-9H2,2-3H3/b14-5-. The minimum atomic E-state index is 0.719.